The Labute approximate surface area is 192 Å². The lowest BCUT2D eigenvalue weighted by atomic mass is 10.2. The van der Waals surface area contributed by atoms with E-state index < -0.39 is 5.34 Å². The van der Waals surface area contributed by atoms with Crippen LogP contribution in [-0.2, 0) is 0 Å². The summed E-state index contributed by atoms with van der Waals surface area (Å²) in [6.07, 6.45) is 2.16. The Kier molecular flexibility index (Phi) is 14.7. The molecule has 3 aromatic rings. The zero-order valence-electron chi connectivity index (χ0n) is 19.0. The quantitative estimate of drug-likeness (QED) is 0.253. The zero-order chi connectivity index (χ0) is 25.2. The molecule has 0 spiro atoms. The fourth-order valence-electron chi connectivity index (χ4n) is 2.08. The number of nitrogens with two attached hydrogens (primary N) is 3. The monoisotopic (exact) mass is 464 g/mol. The van der Waals surface area contributed by atoms with E-state index in [-0.39, 0.29) is 11.4 Å². The van der Waals surface area contributed by atoms with E-state index in [1.54, 1.807) is 36.4 Å². The first-order valence-electron chi connectivity index (χ1n) is 9.51. The lowest BCUT2D eigenvalue weighted by Crippen LogP contribution is -1.98. The number of rotatable bonds is 5. The molecule has 2 aromatic carbocycles. The molecular formula is C22H30F2N6O3. The minimum atomic E-state index is -0.973. The predicted octanol–water partition coefficient (Wildman–Crippen LogP) is 3.53. The van der Waals surface area contributed by atoms with Crippen molar-refractivity contribution in [3.8, 4) is 17.2 Å². The third-order valence-corrected chi connectivity index (χ3v) is 3.43. The highest BCUT2D eigenvalue weighted by molar-refractivity contribution is 5.72. The Morgan fingerprint density at radius 1 is 0.970 bits per heavy atom. The molecule has 33 heavy (non-hydrogen) atoms. The number of halogens is 2. The van der Waals surface area contributed by atoms with Gasteiger partial charge in [-0.15, -0.1) is 0 Å². The van der Waals surface area contributed by atoms with E-state index in [2.05, 4.69) is 20.8 Å². The second kappa shape index (κ2) is 16.7. The van der Waals surface area contributed by atoms with Gasteiger partial charge in [-0.05, 0) is 56.8 Å². The number of hydrogen-bond donors (Lipinski definition) is 4. The molecule has 180 valence electrons. The summed E-state index contributed by atoms with van der Waals surface area (Å²) in [5.74, 6) is 1.24. The molecule has 3 rings (SSSR count). The first kappa shape index (κ1) is 29.0. The molecule has 0 amide bonds. The second-order valence-corrected chi connectivity index (χ2v) is 5.83. The molecule has 0 fully saturated rings. The summed E-state index contributed by atoms with van der Waals surface area (Å²) in [6, 6.07) is 14.1. The van der Waals surface area contributed by atoms with Gasteiger partial charge in [-0.3, -0.25) is 9.78 Å². The maximum Gasteiger partial charge on any atom is 0.168 e. The van der Waals surface area contributed by atoms with E-state index in [9.17, 15) is 13.8 Å². The van der Waals surface area contributed by atoms with Gasteiger partial charge >= 0.3 is 0 Å². The van der Waals surface area contributed by atoms with Crippen LogP contribution in [0.15, 0.2) is 60.8 Å². The molecule has 0 bridgehead atoms. The van der Waals surface area contributed by atoms with Crippen LogP contribution in [0.1, 0.15) is 10.5 Å². The van der Waals surface area contributed by atoms with Crippen LogP contribution in [0.5, 0.6) is 17.2 Å². The number of hydrogen-bond acceptors (Lipinski definition) is 9. The SMILES string of the molecule is CN.CNC.COc1ccccc1N(F)F.Nc1ccc(Oc2ccnc(C=O)c2)cc1N. The van der Waals surface area contributed by atoms with Crippen molar-refractivity contribution in [2.45, 2.75) is 0 Å². The minimum absolute atomic E-state index is 0.164. The summed E-state index contributed by atoms with van der Waals surface area (Å²) in [4.78, 5) is 14.4. The fraction of sp³-hybridized carbons (Fsp3) is 0.182. The zero-order valence-corrected chi connectivity index (χ0v) is 19.0. The minimum Gasteiger partial charge on any atom is -0.494 e. The third-order valence-electron chi connectivity index (χ3n) is 3.43. The van der Waals surface area contributed by atoms with Crippen molar-refractivity contribution in [1.29, 1.82) is 0 Å². The molecule has 0 atom stereocenters. The van der Waals surface area contributed by atoms with Gasteiger partial charge in [0, 0.05) is 18.3 Å². The Balaban J connectivity index is 0.000000552. The van der Waals surface area contributed by atoms with Crippen molar-refractivity contribution < 1.29 is 23.2 Å². The summed E-state index contributed by atoms with van der Waals surface area (Å²) >= 11 is 0. The molecule has 0 aliphatic rings. The molecule has 1 heterocycles. The van der Waals surface area contributed by atoms with Crippen LogP contribution >= 0.6 is 0 Å². The highest BCUT2D eigenvalue weighted by Crippen LogP contribution is 2.28. The van der Waals surface area contributed by atoms with Crippen molar-refractivity contribution in [2.75, 3.05) is 45.1 Å². The fourth-order valence-corrected chi connectivity index (χ4v) is 2.08. The number of nitrogens with zero attached hydrogens (tertiary/aromatic N) is 2. The highest BCUT2D eigenvalue weighted by Gasteiger charge is 2.08. The number of nitrogen functional groups attached to an aromatic ring is 2. The topological polar surface area (TPSA) is 142 Å². The molecule has 0 unspecified atom stereocenters. The van der Waals surface area contributed by atoms with Crippen molar-refractivity contribution in [1.82, 2.24) is 10.3 Å². The van der Waals surface area contributed by atoms with E-state index in [4.69, 9.17) is 16.2 Å². The molecule has 0 aliphatic carbocycles. The number of carbonyl (C=O) groups is 1. The number of aromatic nitrogens is 1. The number of pyridine rings is 1. The van der Waals surface area contributed by atoms with Crippen LogP contribution in [0, 0.1) is 0 Å². The Morgan fingerprint density at radius 3 is 2.09 bits per heavy atom. The number of carbonyl (C=O) groups excluding carboxylic acids is 1. The van der Waals surface area contributed by atoms with Crippen LogP contribution in [0.2, 0.25) is 0 Å². The molecule has 9 nitrogen and oxygen atoms in total. The van der Waals surface area contributed by atoms with Gasteiger partial charge in [-0.1, -0.05) is 21.1 Å². The van der Waals surface area contributed by atoms with Gasteiger partial charge in [0.1, 0.15) is 28.6 Å². The number of para-hydroxylation sites is 2. The van der Waals surface area contributed by atoms with E-state index in [0.717, 1.165) is 0 Å². The van der Waals surface area contributed by atoms with Gasteiger partial charge in [0.25, 0.3) is 0 Å². The number of ether oxygens (including phenoxy) is 2. The summed E-state index contributed by atoms with van der Waals surface area (Å²) < 4.78 is 34.1. The first-order chi connectivity index (χ1) is 15.9. The van der Waals surface area contributed by atoms with Crippen LogP contribution in [0.3, 0.4) is 0 Å². The number of nitrogens with one attached hydrogen (secondary N) is 1. The molecular weight excluding hydrogens is 434 g/mol. The van der Waals surface area contributed by atoms with E-state index in [0.29, 0.717) is 34.9 Å². The summed E-state index contributed by atoms with van der Waals surface area (Å²) in [5.41, 5.74) is 16.8. The smallest absolute Gasteiger partial charge is 0.168 e. The Morgan fingerprint density at radius 2 is 1.58 bits per heavy atom. The Hall–Kier alpha value is -3.96. The number of anilines is 3. The van der Waals surface area contributed by atoms with E-state index in [1.807, 2.05) is 14.1 Å². The number of methoxy groups -OCH3 is 1. The molecule has 0 saturated carbocycles. The van der Waals surface area contributed by atoms with E-state index in [1.165, 1.54) is 38.6 Å². The standard InChI is InChI=1S/C12H11N3O2.C7H7F2NO.C2H7N.CH5N/c13-11-2-1-9(6-12(11)14)17-10-3-4-15-8(5-10)7-16;1-11-7-5-3-2-4-6(7)10(8)9;1-3-2;1-2/h1-7H,13-14H2;2-5H,1H3;3H,1-2H3;2H2,1H3. The maximum atomic E-state index is 12.0. The number of aldehydes is 1. The molecule has 1 aromatic heterocycles. The van der Waals surface area contributed by atoms with Gasteiger partial charge in [-0.25, -0.2) is 0 Å². The summed E-state index contributed by atoms with van der Waals surface area (Å²) in [6.45, 7) is 0. The van der Waals surface area contributed by atoms with E-state index >= 15 is 0 Å². The van der Waals surface area contributed by atoms with Crippen LogP contribution in [-0.4, -0.2) is 39.5 Å². The lowest BCUT2D eigenvalue weighted by molar-refractivity contribution is 0.111. The number of benzene rings is 2. The predicted molar refractivity (Wildman–Crippen MR) is 128 cm³/mol. The molecule has 11 heteroatoms. The average molecular weight is 465 g/mol. The molecule has 7 N–H and O–H groups in total. The second-order valence-electron chi connectivity index (χ2n) is 5.83. The largest absolute Gasteiger partial charge is 0.494 e. The normalized spacial score (nSPS) is 8.94. The van der Waals surface area contributed by atoms with Gasteiger partial charge in [0.2, 0.25) is 0 Å². The summed E-state index contributed by atoms with van der Waals surface area (Å²) in [5, 5.41) is 1.78. The molecule has 0 saturated heterocycles. The van der Waals surface area contributed by atoms with Crippen molar-refractivity contribution in [3.63, 3.8) is 0 Å². The third kappa shape index (κ3) is 10.8. The van der Waals surface area contributed by atoms with Crippen molar-refractivity contribution in [3.05, 3.63) is 66.5 Å². The molecule has 0 radical (unpaired) electrons. The van der Waals surface area contributed by atoms with Gasteiger partial charge in [-0.2, -0.15) is 0 Å². The van der Waals surface area contributed by atoms with Gasteiger partial charge in [0.05, 0.1) is 18.5 Å². The maximum absolute atomic E-state index is 12.0. The molecule has 0 aliphatic heterocycles. The summed E-state index contributed by atoms with van der Waals surface area (Å²) in [7, 11) is 6.60. The first-order valence-corrected chi connectivity index (χ1v) is 9.51. The highest BCUT2D eigenvalue weighted by atomic mass is 19.4. The van der Waals surface area contributed by atoms with Crippen LogP contribution < -0.4 is 37.3 Å². The Bertz CT molecular complexity index is 961. The van der Waals surface area contributed by atoms with Crippen LogP contribution in [0.25, 0.3) is 0 Å². The van der Waals surface area contributed by atoms with Crippen LogP contribution in [0.4, 0.5) is 26.0 Å². The van der Waals surface area contributed by atoms with Crippen molar-refractivity contribution >= 4 is 23.3 Å². The average Bonchev–Trinajstić information content (AvgIpc) is 2.83. The van der Waals surface area contributed by atoms with Crippen molar-refractivity contribution in [2.24, 2.45) is 5.73 Å². The van der Waals surface area contributed by atoms with Gasteiger partial charge < -0.3 is 32.0 Å². The lowest BCUT2D eigenvalue weighted by Gasteiger charge is -2.07. The van der Waals surface area contributed by atoms with Gasteiger partial charge in [0.15, 0.2) is 6.29 Å².